The summed E-state index contributed by atoms with van der Waals surface area (Å²) in [6, 6.07) is 0. The van der Waals surface area contributed by atoms with Gasteiger partial charge in [-0.2, -0.15) is 0 Å². The third-order valence-electron chi connectivity index (χ3n) is 1.02. The molecule has 0 saturated carbocycles. The fraction of sp³-hybridized carbons (Fsp3) is 0.571. The molecule has 0 aromatic heterocycles. The lowest BCUT2D eigenvalue weighted by atomic mass is 10.1. The molecule has 0 N–H and O–H groups in total. The lowest BCUT2D eigenvalue weighted by molar-refractivity contribution is 0.517. The van der Waals surface area contributed by atoms with E-state index in [2.05, 4.69) is 5.92 Å². The number of terminal acetylenes is 1. The summed E-state index contributed by atoms with van der Waals surface area (Å²) in [6.07, 6.45) is 8.14. The van der Waals surface area contributed by atoms with Gasteiger partial charge >= 0.3 is 0 Å². The Morgan fingerprint density at radius 1 is 1.75 bits per heavy atom. The smallest absolute Gasteiger partial charge is 0.202 e. The highest BCUT2D eigenvalue weighted by molar-refractivity contribution is 5.54. The van der Waals surface area contributed by atoms with E-state index >= 15 is 0 Å². The molecule has 0 aliphatic heterocycles. The fourth-order valence-electron chi connectivity index (χ4n) is 0.412. The van der Waals surface area contributed by atoms with Crippen molar-refractivity contribution in [3.05, 3.63) is 0 Å². The molecule has 1 radical (unpaired) electrons. The van der Waals surface area contributed by atoms with Crippen molar-refractivity contribution in [2.45, 2.75) is 19.8 Å². The van der Waals surface area contributed by atoms with E-state index in [0.29, 0.717) is 6.42 Å². The molecular weight excluding hydrogens is 100 g/mol. The summed E-state index contributed by atoms with van der Waals surface area (Å²) in [5.74, 6) is 2.37. The van der Waals surface area contributed by atoms with Crippen LogP contribution < -0.4 is 0 Å². The van der Waals surface area contributed by atoms with E-state index < -0.39 is 0 Å². The van der Waals surface area contributed by atoms with Crippen LogP contribution in [0.15, 0.2) is 0 Å². The molecular formula is C7H9O. The highest BCUT2D eigenvalue weighted by Gasteiger charge is 2.00. The Bertz CT molecular complexity index is 99.4. The summed E-state index contributed by atoms with van der Waals surface area (Å²) in [5.41, 5.74) is 0. The zero-order valence-corrected chi connectivity index (χ0v) is 4.98. The van der Waals surface area contributed by atoms with Gasteiger partial charge in [0, 0.05) is 12.3 Å². The standard InChI is InChI=1S/C7H9O/c1-3-5-7(4-2)6-8/h1,7H,4-5H2,2H3. The molecule has 8 heavy (non-hydrogen) atoms. The van der Waals surface area contributed by atoms with Gasteiger partial charge in [-0.25, -0.2) is 0 Å². The van der Waals surface area contributed by atoms with Crippen LogP contribution in [0.1, 0.15) is 19.8 Å². The first kappa shape index (κ1) is 7.23. The normalized spacial score (nSPS) is 12.0. The lowest BCUT2D eigenvalue weighted by Crippen LogP contribution is -1.96. The predicted octanol–water partition coefficient (Wildman–Crippen LogP) is 1.15. The summed E-state index contributed by atoms with van der Waals surface area (Å²) in [6.45, 7) is 1.92. The molecule has 0 aromatic carbocycles. The van der Waals surface area contributed by atoms with Crippen molar-refractivity contribution in [3.8, 4) is 12.3 Å². The number of hydrogen-bond acceptors (Lipinski definition) is 1. The Hall–Kier alpha value is -0.770. The molecule has 0 aliphatic carbocycles. The van der Waals surface area contributed by atoms with Gasteiger partial charge < -0.3 is 0 Å². The minimum absolute atomic E-state index is 0.0417. The first-order valence-electron chi connectivity index (χ1n) is 2.66. The molecule has 43 valence electrons. The summed E-state index contributed by atoms with van der Waals surface area (Å²) >= 11 is 0. The van der Waals surface area contributed by atoms with Gasteiger partial charge in [-0.1, -0.05) is 6.92 Å². The monoisotopic (exact) mass is 109 g/mol. The molecule has 1 unspecified atom stereocenters. The predicted molar refractivity (Wildman–Crippen MR) is 32.9 cm³/mol. The fourth-order valence-corrected chi connectivity index (χ4v) is 0.412. The van der Waals surface area contributed by atoms with Crippen LogP contribution in [0.3, 0.4) is 0 Å². The Morgan fingerprint density at radius 2 is 2.38 bits per heavy atom. The zero-order chi connectivity index (χ0) is 6.41. The van der Waals surface area contributed by atoms with Crippen molar-refractivity contribution < 1.29 is 4.79 Å². The molecule has 1 nitrogen and oxygen atoms in total. The van der Waals surface area contributed by atoms with Crippen LogP contribution in [-0.2, 0) is 4.79 Å². The molecule has 0 aliphatic rings. The van der Waals surface area contributed by atoms with Gasteiger partial charge in [-0.15, -0.1) is 12.3 Å². The van der Waals surface area contributed by atoms with Crippen molar-refractivity contribution in [2.75, 3.05) is 0 Å². The van der Waals surface area contributed by atoms with Crippen LogP contribution in [0.2, 0.25) is 0 Å². The first-order valence-corrected chi connectivity index (χ1v) is 2.66. The van der Waals surface area contributed by atoms with Gasteiger partial charge in [0.25, 0.3) is 0 Å². The second-order valence-corrected chi connectivity index (χ2v) is 1.63. The highest BCUT2D eigenvalue weighted by atomic mass is 16.1. The molecule has 1 heteroatoms. The first-order chi connectivity index (χ1) is 3.85. The Morgan fingerprint density at radius 3 is 2.50 bits per heavy atom. The van der Waals surface area contributed by atoms with Crippen molar-refractivity contribution in [2.24, 2.45) is 5.92 Å². The van der Waals surface area contributed by atoms with Gasteiger partial charge in [0.15, 0.2) is 0 Å². The van der Waals surface area contributed by atoms with Crippen molar-refractivity contribution in [3.63, 3.8) is 0 Å². The van der Waals surface area contributed by atoms with Crippen LogP contribution in [0, 0.1) is 18.3 Å². The Labute approximate surface area is 50.1 Å². The van der Waals surface area contributed by atoms with E-state index in [9.17, 15) is 4.79 Å². The van der Waals surface area contributed by atoms with E-state index in [0.717, 1.165) is 6.42 Å². The second kappa shape index (κ2) is 4.39. The van der Waals surface area contributed by atoms with Gasteiger partial charge in [0.1, 0.15) is 0 Å². The third-order valence-corrected chi connectivity index (χ3v) is 1.02. The van der Waals surface area contributed by atoms with E-state index in [1.165, 1.54) is 0 Å². The lowest BCUT2D eigenvalue weighted by Gasteiger charge is -1.95. The average molecular weight is 109 g/mol. The van der Waals surface area contributed by atoms with Crippen LogP contribution in [0.5, 0.6) is 0 Å². The maximum atomic E-state index is 9.91. The van der Waals surface area contributed by atoms with Crippen LogP contribution in [0.25, 0.3) is 0 Å². The van der Waals surface area contributed by atoms with E-state index in [-0.39, 0.29) is 5.92 Å². The van der Waals surface area contributed by atoms with Crippen LogP contribution >= 0.6 is 0 Å². The van der Waals surface area contributed by atoms with Crippen LogP contribution in [-0.4, -0.2) is 6.29 Å². The quantitative estimate of drug-likeness (QED) is 0.497. The second-order valence-electron chi connectivity index (χ2n) is 1.63. The summed E-state index contributed by atoms with van der Waals surface area (Å²) in [4.78, 5) is 9.91. The van der Waals surface area contributed by atoms with Crippen molar-refractivity contribution in [1.82, 2.24) is 0 Å². The molecule has 0 rings (SSSR count). The molecule has 0 bridgehead atoms. The van der Waals surface area contributed by atoms with Crippen molar-refractivity contribution in [1.29, 1.82) is 0 Å². The van der Waals surface area contributed by atoms with Crippen LogP contribution in [0.4, 0.5) is 0 Å². The minimum Gasteiger partial charge on any atom is -0.291 e. The average Bonchev–Trinajstić information content (AvgIpc) is 1.83. The van der Waals surface area contributed by atoms with Gasteiger partial charge in [0.2, 0.25) is 6.29 Å². The maximum Gasteiger partial charge on any atom is 0.202 e. The molecule has 0 spiro atoms. The van der Waals surface area contributed by atoms with E-state index in [4.69, 9.17) is 6.42 Å². The highest BCUT2D eigenvalue weighted by Crippen LogP contribution is 2.01. The number of carbonyl (C=O) groups excluding carboxylic acids is 1. The van der Waals surface area contributed by atoms with Crippen molar-refractivity contribution >= 4 is 6.29 Å². The topological polar surface area (TPSA) is 17.1 Å². The maximum absolute atomic E-state index is 9.91. The summed E-state index contributed by atoms with van der Waals surface area (Å²) in [7, 11) is 0. The molecule has 0 amide bonds. The van der Waals surface area contributed by atoms with Gasteiger partial charge in [-0.3, -0.25) is 4.79 Å². The molecule has 0 aromatic rings. The Kier molecular flexibility index (Phi) is 3.97. The van der Waals surface area contributed by atoms with E-state index in [1.807, 2.05) is 13.2 Å². The molecule has 0 heterocycles. The minimum atomic E-state index is -0.0417. The van der Waals surface area contributed by atoms with E-state index in [1.54, 1.807) is 0 Å². The number of rotatable bonds is 3. The zero-order valence-electron chi connectivity index (χ0n) is 4.98. The van der Waals surface area contributed by atoms with Gasteiger partial charge in [0.05, 0.1) is 0 Å². The number of hydrogen-bond donors (Lipinski definition) is 0. The molecule has 1 atom stereocenters. The largest absolute Gasteiger partial charge is 0.291 e. The molecule has 0 fully saturated rings. The molecule has 0 saturated heterocycles. The summed E-state index contributed by atoms with van der Waals surface area (Å²) in [5, 5.41) is 0. The third kappa shape index (κ3) is 2.41. The van der Waals surface area contributed by atoms with Gasteiger partial charge in [-0.05, 0) is 6.42 Å². The summed E-state index contributed by atoms with van der Waals surface area (Å²) < 4.78 is 0. The Balaban J connectivity index is 3.40. The SMILES string of the molecule is C#CCC([C]=O)CC.